The third-order valence-corrected chi connectivity index (χ3v) is 3.21. The van der Waals surface area contributed by atoms with Gasteiger partial charge in [-0.1, -0.05) is 6.92 Å². The smallest absolute Gasteiger partial charge is 0.227 e. The Hall–Kier alpha value is -1.29. The van der Waals surface area contributed by atoms with E-state index in [9.17, 15) is 4.79 Å². The van der Waals surface area contributed by atoms with Crippen molar-refractivity contribution in [3.05, 3.63) is 24.2 Å². The second kappa shape index (κ2) is 4.70. The fourth-order valence-corrected chi connectivity index (χ4v) is 2.16. The standard InChI is InChI=1S/C12H18N2O2/c1-9-5-13-6-11(9)12(15)14(2)7-10-3-4-16-8-10/h3-4,8-9,11,13H,5-7H2,1-2H3. The summed E-state index contributed by atoms with van der Waals surface area (Å²) in [6, 6.07) is 1.89. The van der Waals surface area contributed by atoms with Crippen molar-refractivity contribution in [2.24, 2.45) is 11.8 Å². The molecule has 1 saturated heterocycles. The molecular weight excluding hydrogens is 204 g/mol. The largest absolute Gasteiger partial charge is 0.472 e. The molecule has 1 aromatic heterocycles. The number of nitrogens with zero attached hydrogens (tertiary/aromatic N) is 1. The number of amides is 1. The van der Waals surface area contributed by atoms with E-state index in [0.717, 1.165) is 18.7 Å². The monoisotopic (exact) mass is 222 g/mol. The number of nitrogens with one attached hydrogen (secondary N) is 1. The number of hydrogen-bond acceptors (Lipinski definition) is 3. The average molecular weight is 222 g/mol. The first kappa shape index (κ1) is 11.2. The van der Waals surface area contributed by atoms with Crippen LogP contribution in [-0.4, -0.2) is 30.9 Å². The van der Waals surface area contributed by atoms with Crippen molar-refractivity contribution in [3.8, 4) is 0 Å². The molecule has 0 spiro atoms. The molecule has 0 saturated carbocycles. The van der Waals surface area contributed by atoms with Crippen LogP contribution in [0.4, 0.5) is 0 Å². The number of carbonyl (C=O) groups is 1. The fraction of sp³-hybridized carbons (Fsp3) is 0.583. The summed E-state index contributed by atoms with van der Waals surface area (Å²) in [6.07, 6.45) is 3.31. The molecule has 0 radical (unpaired) electrons. The van der Waals surface area contributed by atoms with Gasteiger partial charge in [-0.3, -0.25) is 4.79 Å². The molecule has 16 heavy (non-hydrogen) atoms. The van der Waals surface area contributed by atoms with Gasteiger partial charge in [-0.25, -0.2) is 0 Å². The predicted molar refractivity (Wildman–Crippen MR) is 60.7 cm³/mol. The maximum absolute atomic E-state index is 12.1. The highest BCUT2D eigenvalue weighted by atomic mass is 16.3. The summed E-state index contributed by atoms with van der Waals surface area (Å²) in [5, 5.41) is 3.25. The quantitative estimate of drug-likeness (QED) is 0.832. The van der Waals surface area contributed by atoms with Gasteiger partial charge in [0, 0.05) is 25.7 Å². The molecule has 0 aliphatic carbocycles. The van der Waals surface area contributed by atoms with E-state index in [-0.39, 0.29) is 11.8 Å². The molecule has 88 valence electrons. The van der Waals surface area contributed by atoms with Gasteiger partial charge in [0.1, 0.15) is 0 Å². The molecule has 1 amide bonds. The molecule has 1 aromatic rings. The summed E-state index contributed by atoms with van der Waals surface area (Å²) < 4.78 is 4.99. The second-order valence-corrected chi connectivity index (χ2v) is 4.57. The molecule has 0 aromatic carbocycles. The van der Waals surface area contributed by atoms with E-state index >= 15 is 0 Å². The Labute approximate surface area is 95.6 Å². The molecule has 2 atom stereocenters. The average Bonchev–Trinajstić information content (AvgIpc) is 2.88. The Balaban J connectivity index is 1.94. The van der Waals surface area contributed by atoms with Crippen LogP contribution in [0, 0.1) is 11.8 Å². The van der Waals surface area contributed by atoms with Crippen LogP contribution in [0.1, 0.15) is 12.5 Å². The van der Waals surface area contributed by atoms with E-state index in [0.29, 0.717) is 12.5 Å². The van der Waals surface area contributed by atoms with Gasteiger partial charge in [-0.05, 0) is 18.5 Å². The molecule has 2 rings (SSSR count). The lowest BCUT2D eigenvalue weighted by molar-refractivity contribution is -0.135. The van der Waals surface area contributed by atoms with Crippen LogP contribution >= 0.6 is 0 Å². The molecule has 1 fully saturated rings. The van der Waals surface area contributed by atoms with E-state index in [1.807, 2.05) is 13.1 Å². The van der Waals surface area contributed by atoms with E-state index < -0.39 is 0 Å². The van der Waals surface area contributed by atoms with Gasteiger partial charge < -0.3 is 14.6 Å². The molecule has 4 nitrogen and oxygen atoms in total. The zero-order valence-electron chi connectivity index (χ0n) is 9.77. The van der Waals surface area contributed by atoms with Crippen LogP contribution in [0.2, 0.25) is 0 Å². The minimum atomic E-state index is 0.122. The molecule has 1 N–H and O–H groups in total. The van der Waals surface area contributed by atoms with Crippen LogP contribution in [0.3, 0.4) is 0 Å². The van der Waals surface area contributed by atoms with Crippen LogP contribution in [0.25, 0.3) is 0 Å². The van der Waals surface area contributed by atoms with E-state index in [4.69, 9.17) is 4.42 Å². The number of carbonyl (C=O) groups excluding carboxylic acids is 1. The molecule has 2 heterocycles. The van der Waals surface area contributed by atoms with E-state index in [1.54, 1.807) is 17.4 Å². The Morgan fingerprint density at radius 3 is 3.00 bits per heavy atom. The Kier molecular flexibility index (Phi) is 3.29. The Morgan fingerprint density at radius 1 is 1.62 bits per heavy atom. The Bertz CT molecular complexity index is 348. The highest BCUT2D eigenvalue weighted by molar-refractivity contribution is 5.79. The number of hydrogen-bond donors (Lipinski definition) is 1. The summed E-state index contributed by atoms with van der Waals surface area (Å²) in [6.45, 7) is 4.48. The van der Waals surface area contributed by atoms with Crippen molar-refractivity contribution in [1.82, 2.24) is 10.2 Å². The zero-order chi connectivity index (χ0) is 11.5. The molecule has 4 heteroatoms. The van der Waals surface area contributed by atoms with E-state index in [1.165, 1.54) is 0 Å². The summed E-state index contributed by atoms with van der Waals surface area (Å²) in [5.74, 6) is 0.773. The third-order valence-electron chi connectivity index (χ3n) is 3.21. The summed E-state index contributed by atoms with van der Waals surface area (Å²) in [7, 11) is 1.85. The SMILES string of the molecule is CC1CNCC1C(=O)N(C)Cc1ccoc1. The minimum absolute atomic E-state index is 0.122. The molecule has 1 aliphatic rings. The van der Waals surface area contributed by atoms with Crippen molar-refractivity contribution < 1.29 is 9.21 Å². The predicted octanol–water partition coefficient (Wildman–Crippen LogP) is 1.09. The first-order valence-electron chi connectivity index (χ1n) is 5.65. The Morgan fingerprint density at radius 2 is 2.44 bits per heavy atom. The van der Waals surface area contributed by atoms with Gasteiger partial charge in [0.05, 0.1) is 18.4 Å². The maximum atomic E-state index is 12.1. The lowest BCUT2D eigenvalue weighted by Crippen LogP contribution is -2.35. The molecule has 1 aliphatic heterocycles. The van der Waals surface area contributed by atoms with Gasteiger partial charge in [0.15, 0.2) is 0 Å². The van der Waals surface area contributed by atoms with Crippen LogP contribution < -0.4 is 5.32 Å². The summed E-state index contributed by atoms with van der Waals surface area (Å²) in [4.78, 5) is 13.9. The second-order valence-electron chi connectivity index (χ2n) is 4.57. The van der Waals surface area contributed by atoms with Gasteiger partial charge in [0.25, 0.3) is 0 Å². The van der Waals surface area contributed by atoms with Crippen LogP contribution in [0.5, 0.6) is 0 Å². The van der Waals surface area contributed by atoms with Crippen LogP contribution in [0.15, 0.2) is 23.0 Å². The maximum Gasteiger partial charge on any atom is 0.227 e. The minimum Gasteiger partial charge on any atom is -0.472 e. The van der Waals surface area contributed by atoms with Crippen molar-refractivity contribution in [3.63, 3.8) is 0 Å². The first-order valence-corrected chi connectivity index (χ1v) is 5.65. The lowest BCUT2D eigenvalue weighted by atomic mass is 9.97. The topological polar surface area (TPSA) is 45.5 Å². The highest BCUT2D eigenvalue weighted by Crippen LogP contribution is 2.19. The lowest BCUT2D eigenvalue weighted by Gasteiger charge is -2.22. The van der Waals surface area contributed by atoms with Crippen molar-refractivity contribution >= 4 is 5.91 Å². The highest BCUT2D eigenvalue weighted by Gasteiger charge is 2.31. The van der Waals surface area contributed by atoms with Gasteiger partial charge in [0.2, 0.25) is 5.91 Å². The van der Waals surface area contributed by atoms with Gasteiger partial charge in [-0.2, -0.15) is 0 Å². The number of furan rings is 1. The normalized spacial score (nSPS) is 24.6. The molecular formula is C12H18N2O2. The summed E-state index contributed by atoms with van der Waals surface area (Å²) >= 11 is 0. The van der Waals surface area contributed by atoms with Crippen molar-refractivity contribution in [1.29, 1.82) is 0 Å². The molecule has 2 unspecified atom stereocenters. The molecule has 0 bridgehead atoms. The third kappa shape index (κ3) is 2.27. The first-order chi connectivity index (χ1) is 7.68. The number of rotatable bonds is 3. The van der Waals surface area contributed by atoms with Crippen molar-refractivity contribution in [2.75, 3.05) is 20.1 Å². The zero-order valence-corrected chi connectivity index (χ0v) is 9.77. The van der Waals surface area contributed by atoms with Gasteiger partial charge >= 0.3 is 0 Å². The van der Waals surface area contributed by atoms with E-state index in [2.05, 4.69) is 12.2 Å². The van der Waals surface area contributed by atoms with Crippen molar-refractivity contribution in [2.45, 2.75) is 13.5 Å². The fourth-order valence-electron chi connectivity index (χ4n) is 2.16. The van der Waals surface area contributed by atoms with Crippen LogP contribution in [-0.2, 0) is 11.3 Å². The summed E-state index contributed by atoms with van der Waals surface area (Å²) in [5.41, 5.74) is 1.04. The van der Waals surface area contributed by atoms with Gasteiger partial charge in [-0.15, -0.1) is 0 Å².